The zero-order valence-corrected chi connectivity index (χ0v) is 36.3. The molecule has 3 aromatic heterocycles. The van der Waals surface area contributed by atoms with Crippen molar-refractivity contribution in [2.45, 2.75) is 108 Å². The van der Waals surface area contributed by atoms with Crippen LogP contribution in [0.5, 0.6) is 0 Å². The number of rotatable bonds is 9. The fourth-order valence-corrected chi connectivity index (χ4v) is 9.45. The van der Waals surface area contributed by atoms with Crippen molar-refractivity contribution in [1.82, 2.24) is 28.4 Å². The lowest BCUT2D eigenvalue weighted by Gasteiger charge is -2.26. The van der Waals surface area contributed by atoms with Crippen LogP contribution < -0.4 is 5.32 Å². The molecule has 2 saturated heterocycles. The van der Waals surface area contributed by atoms with Gasteiger partial charge in [-0.2, -0.15) is 0 Å². The molecule has 13 nitrogen and oxygen atoms in total. The molecule has 1 amide bonds. The molecule has 0 unspecified atom stereocenters. The quantitative estimate of drug-likeness (QED) is 0.151. The summed E-state index contributed by atoms with van der Waals surface area (Å²) in [5.74, 6) is 2.66. The average Bonchev–Trinajstić information content (AvgIpc) is 3.89. The van der Waals surface area contributed by atoms with E-state index < -0.39 is 19.1 Å². The maximum Gasteiger partial charge on any atom is 0.267 e. The highest BCUT2D eigenvalue weighted by molar-refractivity contribution is 8.13. The number of imidazole rings is 2. The summed E-state index contributed by atoms with van der Waals surface area (Å²) in [5.41, 5.74) is 3.20. The molecule has 0 spiro atoms. The van der Waals surface area contributed by atoms with Crippen molar-refractivity contribution in [3.05, 3.63) is 72.1 Å². The van der Waals surface area contributed by atoms with Crippen molar-refractivity contribution in [2.24, 2.45) is 11.8 Å². The number of fused-ring (bicyclic) bond motifs is 2. The van der Waals surface area contributed by atoms with Gasteiger partial charge in [0.25, 0.3) is 25.0 Å². The molecule has 2 aromatic carbocycles. The molecule has 1 N–H and O–H groups in total. The Hall–Kier alpha value is -3.76. The van der Waals surface area contributed by atoms with Gasteiger partial charge in [-0.05, 0) is 86.9 Å². The molecule has 5 aromatic rings. The van der Waals surface area contributed by atoms with Crippen LogP contribution in [0.4, 0.5) is 0 Å². The normalized spacial score (nSPS) is 16.5. The fourth-order valence-electron chi connectivity index (χ4n) is 7.47. The van der Waals surface area contributed by atoms with Crippen molar-refractivity contribution < 1.29 is 31.1 Å². The zero-order chi connectivity index (χ0) is 41.3. The molecule has 2 fully saturated rings. The summed E-state index contributed by atoms with van der Waals surface area (Å²) in [6.07, 6.45) is 6.84. The fraction of sp³-hybridized carbons (Fsp3) is 0.537. The second-order valence-corrected chi connectivity index (χ2v) is 21.4. The molecule has 0 radical (unpaired) electrons. The van der Waals surface area contributed by atoms with E-state index in [1.54, 1.807) is 24.3 Å². The van der Waals surface area contributed by atoms with Crippen molar-refractivity contribution in [3.63, 3.8) is 0 Å². The van der Waals surface area contributed by atoms with E-state index in [4.69, 9.17) is 30.1 Å². The lowest BCUT2D eigenvalue weighted by atomic mass is 9.94. The number of carbonyl (C=O) groups excluding carboxylic acids is 1. The molecule has 2 aliphatic rings. The monoisotopic (exact) mass is 842 g/mol. The number of carbonyl (C=O) groups is 1. The van der Waals surface area contributed by atoms with Gasteiger partial charge in [0, 0.05) is 80.0 Å². The van der Waals surface area contributed by atoms with E-state index in [2.05, 4.69) is 56.0 Å². The largest absolute Gasteiger partial charge is 0.381 e. The number of halogens is 1. The van der Waals surface area contributed by atoms with Crippen LogP contribution in [-0.2, 0) is 52.5 Å². The van der Waals surface area contributed by atoms with E-state index in [0.717, 1.165) is 91.9 Å². The van der Waals surface area contributed by atoms with E-state index >= 15 is 0 Å². The molecule has 57 heavy (non-hydrogen) atoms. The highest BCUT2D eigenvalue weighted by atomic mass is 35.7. The lowest BCUT2D eigenvalue weighted by Crippen LogP contribution is -2.25. The maximum atomic E-state index is 13.3. The second-order valence-electron chi connectivity index (χ2n) is 17.0. The van der Waals surface area contributed by atoms with Gasteiger partial charge in [-0.25, -0.2) is 30.8 Å². The van der Waals surface area contributed by atoms with Crippen LogP contribution in [-0.4, -0.2) is 78.8 Å². The van der Waals surface area contributed by atoms with Crippen LogP contribution >= 0.6 is 10.7 Å². The van der Waals surface area contributed by atoms with Gasteiger partial charge in [0.2, 0.25) is 0 Å². The number of aromatic nitrogens is 5. The molecular formula is C41H55ClN6O7S2. The minimum atomic E-state index is -3.85. The smallest absolute Gasteiger partial charge is 0.267 e. The molecule has 0 atom stereocenters. The van der Waals surface area contributed by atoms with Crippen molar-refractivity contribution >= 4 is 57.7 Å². The molecular weight excluding hydrogens is 788 g/mol. The minimum Gasteiger partial charge on any atom is -0.381 e. The summed E-state index contributed by atoms with van der Waals surface area (Å²) in [7, 11) is -2.13. The van der Waals surface area contributed by atoms with Gasteiger partial charge in [-0.1, -0.05) is 41.5 Å². The van der Waals surface area contributed by atoms with Gasteiger partial charge in [0.05, 0.1) is 37.4 Å². The van der Waals surface area contributed by atoms with Gasteiger partial charge in [-0.15, -0.1) is 0 Å². The molecule has 5 heterocycles. The molecule has 0 saturated carbocycles. The summed E-state index contributed by atoms with van der Waals surface area (Å²) in [6.45, 7) is 19.9. The Kier molecular flexibility index (Phi) is 12.7. The Morgan fingerprint density at radius 3 is 1.65 bits per heavy atom. The standard InChI is InChI=1S/C24H32N4O4S.C17H23ClN2O3S/c1-5-25-22(29)18-8-11-27(16-18)33(30,31)19-6-7-21-20(14-19)26-23(24(2,3)4)28(21)15-17-9-12-32-13-10-17;1-17(2,3)16-19-14-10-13(24(18,21)22)4-5-15(14)20(16)11-12-6-8-23-9-7-12/h6-8,11,14,16-17H,5,9-10,12-13,15H2,1-4H3,(H,25,29);4-5,10,12H,6-9,11H2,1-3H3. The van der Waals surface area contributed by atoms with Gasteiger partial charge in [-0.3, -0.25) is 4.79 Å². The van der Waals surface area contributed by atoms with Crippen LogP contribution in [0.1, 0.15) is 96.2 Å². The molecule has 16 heteroatoms. The van der Waals surface area contributed by atoms with Crippen molar-refractivity contribution in [3.8, 4) is 0 Å². The summed E-state index contributed by atoms with van der Waals surface area (Å²) in [4.78, 5) is 21.9. The molecule has 2 aliphatic heterocycles. The first-order chi connectivity index (χ1) is 26.8. The predicted molar refractivity (Wildman–Crippen MR) is 222 cm³/mol. The summed E-state index contributed by atoms with van der Waals surface area (Å²) >= 11 is 0. The SMILES string of the molecule is CC(C)(C)c1nc2cc(S(=O)(=O)Cl)ccc2n1CC1CCOCC1.CCNC(=O)c1ccn(S(=O)(=O)c2ccc3c(c2)nc(C(C)(C)C)n3CC2CCOCC2)c1. The Morgan fingerprint density at radius 1 is 0.754 bits per heavy atom. The van der Waals surface area contributed by atoms with Gasteiger partial charge in [0.1, 0.15) is 11.6 Å². The first kappa shape index (κ1) is 42.8. The van der Waals surface area contributed by atoms with Crippen LogP contribution in [0.2, 0.25) is 0 Å². The molecule has 310 valence electrons. The highest BCUT2D eigenvalue weighted by Gasteiger charge is 2.28. The number of hydrogen-bond donors (Lipinski definition) is 1. The first-order valence-corrected chi connectivity index (χ1v) is 23.4. The Balaban J connectivity index is 0.000000203. The zero-order valence-electron chi connectivity index (χ0n) is 33.9. The summed E-state index contributed by atoms with van der Waals surface area (Å²) in [6, 6.07) is 11.5. The number of amides is 1. The topological polar surface area (TPSA) is 156 Å². The maximum absolute atomic E-state index is 13.3. The lowest BCUT2D eigenvalue weighted by molar-refractivity contribution is 0.0610. The predicted octanol–water partition coefficient (Wildman–Crippen LogP) is 7.24. The van der Waals surface area contributed by atoms with E-state index in [-0.39, 0.29) is 26.5 Å². The highest BCUT2D eigenvalue weighted by Crippen LogP contribution is 2.33. The van der Waals surface area contributed by atoms with E-state index in [1.807, 2.05) is 19.1 Å². The molecule has 0 aliphatic carbocycles. The van der Waals surface area contributed by atoms with Crippen LogP contribution in [0.25, 0.3) is 22.1 Å². The van der Waals surface area contributed by atoms with Crippen LogP contribution in [0.3, 0.4) is 0 Å². The van der Waals surface area contributed by atoms with Crippen molar-refractivity contribution in [1.29, 1.82) is 0 Å². The van der Waals surface area contributed by atoms with Gasteiger partial charge < -0.3 is 23.9 Å². The summed E-state index contributed by atoms with van der Waals surface area (Å²) in [5, 5.41) is 2.68. The average molecular weight is 844 g/mol. The van der Waals surface area contributed by atoms with E-state index in [0.29, 0.717) is 35.0 Å². The first-order valence-electron chi connectivity index (χ1n) is 19.6. The van der Waals surface area contributed by atoms with E-state index in [1.165, 1.54) is 18.5 Å². The third-order valence-electron chi connectivity index (χ3n) is 10.5. The third kappa shape index (κ3) is 9.76. The van der Waals surface area contributed by atoms with Crippen LogP contribution in [0, 0.1) is 11.8 Å². The Bertz CT molecular complexity index is 2450. The number of nitrogens with zero attached hydrogens (tertiary/aromatic N) is 5. The number of ether oxygens (including phenoxy) is 2. The number of nitrogens with one attached hydrogen (secondary N) is 1. The third-order valence-corrected chi connectivity index (χ3v) is 13.5. The minimum absolute atomic E-state index is 0.0906. The Morgan fingerprint density at radius 2 is 1.21 bits per heavy atom. The summed E-state index contributed by atoms with van der Waals surface area (Å²) < 4.78 is 66.2. The molecule has 0 bridgehead atoms. The van der Waals surface area contributed by atoms with Crippen molar-refractivity contribution in [2.75, 3.05) is 33.0 Å². The van der Waals surface area contributed by atoms with Crippen LogP contribution in [0.15, 0.2) is 64.6 Å². The second kappa shape index (κ2) is 16.8. The number of hydrogen-bond acceptors (Lipinski definition) is 9. The van der Waals surface area contributed by atoms with Gasteiger partial charge >= 0.3 is 0 Å². The van der Waals surface area contributed by atoms with Gasteiger partial charge in [0.15, 0.2) is 0 Å². The Labute approximate surface area is 340 Å². The molecule has 7 rings (SSSR count). The van der Waals surface area contributed by atoms with E-state index in [9.17, 15) is 21.6 Å². The number of benzene rings is 2.